The van der Waals surface area contributed by atoms with E-state index >= 15 is 0 Å². The van der Waals surface area contributed by atoms with Gasteiger partial charge < -0.3 is 0 Å². The highest BCUT2D eigenvalue weighted by atomic mass is 32.2. The number of nitriles is 1. The average Bonchev–Trinajstić information content (AvgIpc) is 2.70. The van der Waals surface area contributed by atoms with Gasteiger partial charge in [0.05, 0.1) is 6.07 Å². The topological polar surface area (TPSA) is 86.5 Å². The third-order valence-electron chi connectivity index (χ3n) is 3.00. The van der Waals surface area contributed by atoms with Crippen LogP contribution >= 0.6 is 11.8 Å². The Morgan fingerprint density at radius 3 is 2.70 bits per heavy atom. The SMILES string of the molecule is CCNC(C)(C#N)CC(C)Sc1n[nH]c(=O)n1C(C)C. The summed E-state index contributed by atoms with van der Waals surface area (Å²) in [6.07, 6.45) is 0.682. The third kappa shape index (κ3) is 4.12. The van der Waals surface area contributed by atoms with Crippen LogP contribution in [-0.2, 0) is 0 Å². The molecule has 2 unspecified atom stereocenters. The highest BCUT2D eigenvalue weighted by Crippen LogP contribution is 2.27. The smallest absolute Gasteiger partial charge is 0.300 e. The van der Waals surface area contributed by atoms with Gasteiger partial charge in [-0.15, -0.1) is 5.10 Å². The molecule has 0 aliphatic carbocycles. The Labute approximate surface area is 123 Å². The van der Waals surface area contributed by atoms with Gasteiger partial charge in [-0.3, -0.25) is 9.88 Å². The van der Waals surface area contributed by atoms with Crippen LogP contribution < -0.4 is 11.0 Å². The van der Waals surface area contributed by atoms with Crippen LogP contribution in [0.2, 0.25) is 0 Å². The maximum Gasteiger partial charge on any atom is 0.344 e. The van der Waals surface area contributed by atoms with Crippen LogP contribution in [-0.4, -0.2) is 32.1 Å². The molecule has 0 saturated heterocycles. The van der Waals surface area contributed by atoms with Crippen molar-refractivity contribution in [1.29, 1.82) is 5.26 Å². The number of nitrogens with zero attached hydrogens (tertiary/aromatic N) is 3. The second-order valence-corrected chi connectivity index (χ2v) is 6.79. The van der Waals surface area contributed by atoms with Gasteiger partial charge in [-0.25, -0.2) is 9.89 Å². The van der Waals surface area contributed by atoms with Crippen LogP contribution in [0, 0.1) is 11.3 Å². The van der Waals surface area contributed by atoms with Gasteiger partial charge in [0.2, 0.25) is 0 Å². The van der Waals surface area contributed by atoms with Gasteiger partial charge in [-0.2, -0.15) is 5.26 Å². The number of H-pyrrole nitrogens is 1. The Hall–Kier alpha value is -1.26. The van der Waals surface area contributed by atoms with Crippen molar-refractivity contribution in [3.05, 3.63) is 10.5 Å². The lowest BCUT2D eigenvalue weighted by molar-refractivity contribution is 0.428. The molecule has 1 heterocycles. The van der Waals surface area contributed by atoms with Crippen LogP contribution in [0.1, 0.15) is 47.1 Å². The van der Waals surface area contributed by atoms with E-state index in [1.807, 2.05) is 34.6 Å². The Morgan fingerprint density at radius 1 is 1.55 bits per heavy atom. The molecular weight excluding hydrogens is 274 g/mol. The summed E-state index contributed by atoms with van der Waals surface area (Å²) in [6, 6.07) is 2.38. The van der Waals surface area contributed by atoms with Crippen LogP contribution in [0.25, 0.3) is 0 Å². The Morgan fingerprint density at radius 2 is 2.20 bits per heavy atom. The Kier molecular flexibility index (Phi) is 5.84. The number of hydrogen-bond acceptors (Lipinski definition) is 5. The van der Waals surface area contributed by atoms with Crippen molar-refractivity contribution >= 4 is 11.8 Å². The largest absolute Gasteiger partial charge is 0.344 e. The zero-order valence-corrected chi connectivity index (χ0v) is 13.5. The van der Waals surface area contributed by atoms with Crippen molar-refractivity contribution in [2.45, 2.75) is 63.0 Å². The number of aromatic amines is 1. The molecule has 20 heavy (non-hydrogen) atoms. The maximum atomic E-state index is 11.7. The molecule has 2 N–H and O–H groups in total. The number of hydrogen-bond donors (Lipinski definition) is 2. The normalized spacial score (nSPS) is 15.8. The van der Waals surface area contributed by atoms with E-state index in [1.54, 1.807) is 4.57 Å². The van der Waals surface area contributed by atoms with Crippen LogP contribution in [0.3, 0.4) is 0 Å². The molecule has 2 atom stereocenters. The first-order valence-corrected chi connectivity index (χ1v) is 7.70. The molecule has 1 aromatic heterocycles. The van der Waals surface area contributed by atoms with E-state index in [2.05, 4.69) is 21.6 Å². The van der Waals surface area contributed by atoms with Crippen molar-refractivity contribution in [2.24, 2.45) is 0 Å². The molecule has 112 valence electrons. The Balaban J connectivity index is 2.79. The molecule has 0 aromatic carbocycles. The van der Waals surface area contributed by atoms with Gasteiger partial charge in [-0.1, -0.05) is 25.6 Å². The minimum absolute atomic E-state index is 0.0621. The summed E-state index contributed by atoms with van der Waals surface area (Å²) in [7, 11) is 0. The number of nitrogens with one attached hydrogen (secondary N) is 2. The predicted octanol–water partition coefficient (Wildman–Crippen LogP) is 1.91. The average molecular weight is 297 g/mol. The van der Waals surface area contributed by atoms with Gasteiger partial charge >= 0.3 is 5.69 Å². The van der Waals surface area contributed by atoms with E-state index in [9.17, 15) is 10.1 Å². The minimum Gasteiger partial charge on any atom is -0.300 e. The van der Waals surface area contributed by atoms with Crippen molar-refractivity contribution < 1.29 is 0 Å². The standard InChI is InChI=1S/C13H23N5OS/c1-6-15-13(5,8-14)7-10(4)20-12-17-16-11(19)18(12)9(2)3/h9-10,15H,6-7H2,1-5H3,(H,16,19). The van der Waals surface area contributed by atoms with Crippen molar-refractivity contribution in [1.82, 2.24) is 20.1 Å². The van der Waals surface area contributed by atoms with E-state index in [4.69, 9.17) is 0 Å². The highest BCUT2D eigenvalue weighted by Gasteiger charge is 2.26. The second kappa shape index (κ2) is 6.95. The maximum absolute atomic E-state index is 11.7. The van der Waals surface area contributed by atoms with Crippen molar-refractivity contribution in [2.75, 3.05) is 6.54 Å². The summed E-state index contributed by atoms with van der Waals surface area (Å²) in [5, 5.41) is 19.9. The fraction of sp³-hybridized carbons (Fsp3) is 0.769. The van der Waals surface area contributed by atoms with E-state index in [0.29, 0.717) is 11.6 Å². The zero-order valence-electron chi connectivity index (χ0n) is 12.7. The molecule has 6 nitrogen and oxygen atoms in total. The lowest BCUT2D eigenvalue weighted by Crippen LogP contribution is -2.42. The lowest BCUT2D eigenvalue weighted by atomic mass is 9.98. The summed E-state index contributed by atoms with van der Waals surface area (Å²) in [4.78, 5) is 11.7. The van der Waals surface area contributed by atoms with Crippen LogP contribution in [0.4, 0.5) is 0 Å². The van der Waals surface area contributed by atoms with Gasteiger partial charge in [0.15, 0.2) is 5.16 Å². The molecule has 0 spiro atoms. The van der Waals surface area contributed by atoms with Gasteiger partial charge in [0.1, 0.15) is 5.54 Å². The van der Waals surface area contributed by atoms with Crippen LogP contribution in [0.5, 0.6) is 0 Å². The summed E-state index contributed by atoms with van der Waals surface area (Å²) >= 11 is 1.52. The molecule has 0 radical (unpaired) electrons. The first kappa shape index (κ1) is 16.8. The molecule has 0 saturated carbocycles. The quantitative estimate of drug-likeness (QED) is 0.751. The molecule has 0 fully saturated rings. The van der Waals surface area contributed by atoms with E-state index in [-0.39, 0.29) is 17.0 Å². The Bertz CT molecular complexity index is 530. The second-order valence-electron chi connectivity index (χ2n) is 5.38. The van der Waals surface area contributed by atoms with Gasteiger partial charge in [0.25, 0.3) is 0 Å². The number of aromatic nitrogens is 3. The van der Waals surface area contributed by atoms with E-state index < -0.39 is 5.54 Å². The van der Waals surface area contributed by atoms with Crippen molar-refractivity contribution in [3.63, 3.8) is 0 Å². The van der Waals surface area contributed by atoms with Crippen LogP contribution in [0.15, 0.2) is 9.95 Å². The molecular formula is C13H23N5OS. The summed E-state index contributed by atoms with van der Waals surface area (Å²) < 4.78 is 1.64. The first-order valence-electron chi connectivity index (χ1n) is 6.82. The molecule has 0 amide bonds. The monoisotopic (exact) mass is 297 g/mol. The van der Waals surface area contributed by atoms with Gasteiger partial charge in [-0.05, 0) is 33.7 Å². The lowest BCUT2D eigenvalue weighted by Gasteiger charge is -2.25. The molecule has 1 rings (SSSR count). The van der Waals surface area contributed by atoms with Crippen molar-refractivity contribution in [3.8, 4) is 6.07 Å². The first-order chi connectivity index (χ1) is 9.33. The summed E-state index contributed by atoms with van der Waals surface area (Å²) in [5.41, 5.74) is -0.745. The molecule has 0 aliphatic rings. The van der Waals surface area contributed by atoms with E-state index in [0.717, 1.165) is 6.54 Å². The molecule has 0 aliphatic heterocycles. The van der Waals surface area contributed by atoms with Gasteiger partial charge in [0, 0.05) is 11.3 Å². The summed E-state index contributed by atoms with van der Waals surface area (Å²) in [6.45, 7) is 10.6. The fourth-order valence-electron chi connectivity index (χ4n) is 2.17. The predicted molar refractivity (Wildman–Crippen MR) is 80.9 cm³/mol. The highest BCUT2D eigenvalue weighted by molar-refractivity contribution is 7.99. The number of thioether (sulfide) groups is 1. The minimum atomic E-state index is -0.555. The number of rotatable bonds is 7. The van der Waals surface area contributed by atoms with E-state index in [1.165, 1.54) is 11.8 Å². The third-order valence-corrected chi connectivity index (χ3v) is 4.07. The fourth-order valence-corrected chi connectivity index (χ4v) is 3.45. The molecule has 0 bridgehead atoms. The molecule has 1 aromatic rings. The zero-order chi connectivity index (χ0) is 15.3. The molecule has 7 heteroatoms. The summed E-state index contributed by atoms with van der Waals surface area (Å²) in [5.74, 6) is 0.